The number of hydrogen-bond donors (Lipinski definition) is 18. The Kier molecular flexibility index (Phi) is 30.6. The molecule has 10 amide bonds. The fourth-order valence-electron chi connectivity index (χ4n) is 8.97. The number of guanidine groups is 1. The number of nitrogens with two attached hydrogens (primary N) is 3. The van der Waals surface area contributed by atoms with E-state index in [1.807, 2.05) is 0 Å². The Hall–Kier alpha value is -7.90. The van der Waals surface area contributed by atoms with Crippen LogP contribution < -0.4 is 65.1 Å². The number of likely N-dealkylation sites (tertiary alicyclic amines) is 1. The number of carbonyl (C=O) groups excluding carboxylic acids is 10. The van der Waals surface area contributed by atoms with Gasteiger partial charge in [0.15, 0.2) is 5.96 Å². The van der Waals surface area contributed by atoms with Crippen LogP contribution in [-0.2, 0) is 65.6 Å². The highest BCUT2D eigenvalue weighted by Crippen LogP contribution is 2.22. The molecule has 1 aliphatic rings. The number of aliphatic hydroxyl groups is 1. The Morgan fingerprint density at radius 1 is 0.609 bits per heavy atom. The number of carboxylic acids is 1. The first-order valence-electron chi connectivity index (χ1n) is 28.5. The number of amides is 10. The molecule has 0 radical (unpaired) electrons. The molecule has 0 bridgehead atoms. The number of aromatic hydroxyl groups is 2. The average Bonchev–Trinajstić information content (AvgIpc) is 2.56. The molecular formula is C56H86N14O15S2. The van der Waals surface area contributed by atoms with Crippen molar-refractivity contribution in [1.82, 2.24) is 52.8 Å². The number of benzene rings is 2. The summed E-state index contributed by atoms with van der Waals surface area (Å²) in [7, 11) is 0. The van der Waals surface area contributed by atoms with Crippen molar-refractivity contribution in [2.75, 3.05) is 31.2 Å². The molecule has 31 heteroatoms. The van der Waals surface area contributed by atoms with Crippen LogP contribution in [0.15, 0.2) is 53.5 Å². The summed E-state index contributed by atoms with van der Waals surface area (Å²) in [5.74, 6) is -11.1. The van der Waals surface area contributed by atoms with Gasteiger partial charge in [0.05, 0.1) is 12.6 Å². The molecule has 482 valence electrons. The van der Waals surface area contributed by atoms with Gasteiger partial charge in [-0.3, -0.25) is 52.9 Å². The molecule has 29 nitrogen and oxygen atoms in total. The van der Waals surface area contributed by atoms with Crippen molar-refractivity contribution < 1.29 is 73.2 Å². The van der Waals surface area contributed by atoms with Gasteiger partial charge in [-0.05, 0) is 93.2 Å². The maximum Gasteiger partial charge on any atom is 0.327 e. The van der Waals surface area contributed by atoms with Crippen LogP contribution in [0.5, 0.6) is 11.5 Å². The Bertz CT molecular complexity index is 2720. The number of nitrogens with zero attached hydrogens (tertiary/aromatic N) is 2. The van der Waals surface area contributed by atoms with Crippen LogP contribution in [0.3, 0.4) is 0 Å². The summed E-state index contributed by atoms with van der Waals surface area (Å²) in [6.07, 6.45) is 0.543. The van der Waals surface area contributed by atoms with E-state index in [-0.39, 0.29) is 86.5 Å². The Labute approximate surface area is 515 Å². The van der Waals surface area contributed by atoms with Gasteiger partial charge in [-0.15, -0.1) is 0 Å². The van der Waals surface area contributed by atoms with Crippen LogP contribution in [0, 0.1) is 11.8 Å². The summed E-state index contributed by atoms with van der Waals surface area (Å²) >= 11 is 7.94. The number of phenolic OH excluding ortho intramolecular Hbond substituents is 2. The van der Waals surface area contributed by atoms with Gasteiger partial charge in [0.1, 0.15) is 71.9 Å². The highest BCUT2D eigenvalue weighted by Gasteiger charge is 2.41. The molecule has 19 N–H and O–H groups in total. The minimum Gasteiger partial charge on any atom is -0.508 e. The fraction of sp³-hybridized carbons (Fsp3) is 0.571. The number of carbonyl (C=O) groups is 11. The summed E-state index contributed by atoms with van der Waals surface area (Å²) in [6, 6.07) is -3.18. The van der Waals surface area contributed by atoms with Crippen LogP contribution in [-0.4, -0.2) is 194 Å². The van der Waals surface area contributed by atoms with E-state index in [4.69, 9.17) is 17.2 Å². The summed E-state index contributed by atoms with van der Waals surface area (Å²) in [5, 5.41) is 62.3. The van der Waals surface area contributed by atoms with Crippen LogP contribution in [0.25, 0.3) is 0 Å². The predicted molar refractivity (Wildman–Crippen MR) is 326 cm³/mol. The summed E-state index contributed by atoms with van der Waals surface area (Å²) < 4.78 is 0. The number of aliphatic imine (C=N–C) groups is 1. The quantitative estimate of drug-likeness (QED) is 0.0139. The molecule has 0 aromatic heterocycles. The largest absolute Gasteiger partial charge is 0.508 e. The van der Waals surface area contributed by atoms with Crippen LogP contribution in [0.2, 0.25) is 0 Å². The average molecular weight is 1260 g/mol. The van der Waals surface area contributed by atoms with E-state index in [0.717, 1.165) is 0 Å². The zero-order valence-corrected chi connectivity index (χ0v) is 51.4. The maximum atomic E-state index is 14.6. The van der Waals surface area contributed by atoms with Crippen molar-refractivity contribution in [3.8, 4) is 11.5 Å². The van der Waals surface area contributed by atoms with Gasteiger partial charge >= 0.3 is 5.97 Å². The standard InChI is InChI=1S/C56H86N14O15S2/c1-7-29(4)44(69-50(79)39(24-33-14-18-35(73)19-15-33)65-52(81)43-11-9-21-70(43)54(83)40(22-28(2)3)66-51(80)41(25-71)67-47(76)36(57)26-86)53(82)62-31(6)45(74)63-37(10-8-20-60-56(58)59)48(77)64-38(23-32-12-16-34(72)17-13-32)49(78)61-30(5)46(75)68-42(27-87)55(84)85/h12-19,28-31,36-44,71-73,86-87H,7-11,20-27,57H2,1-6H3,(H,61,78)(H,62,82)(H,63,74)(H,64,77)(H,65,81)(H,66,80)(H,67,76)(H,68,75)(H,69,79)(H,84,85)(H4,58,59,60)/t29-,30-,31-,36-,37-,38-,39-,40-,41-,42-,43-,44-/m0/s1. The van der Waals surface area contributed by atoms with E-state index in [2.05, 4.69) is 78.1 Å². The highest BCUT2D eigenvalue weighted by molar-refractivity contribution is 7.80. The topological polar surface area (TPSA) is 471 Å². The summed E-state index contributed by atoms with van der Waals surface area (Å²) in [6.45, 7) is 8.90. The lowest BCUT2D eigenvalue weighted by Gasteiger charge is -2.32. The number of phenols is 2. The molecule has 1 aliphatic heterocycles. The van der Waals surface area contributed by atoms with E-state index in [1.54, 1.807) is 27.7 Å². The highest BCUT2D eigenvalue weighted by atomic mass is 32.1. The van der Waals surface area contributed by atoms with Gasteiger partial charge in [0.25, 0.3) is 0 Å². The third kappa shape index (κ3) is 24.1. The van der Waals surface area contributed by atoms with E-state index < -0.39 is 144 Å². The minimum atomic E-state index is -1.47. The molecule has 2 aromatic rings. The number of hydrogen-bond acceptors (Lipinski definition) is 18. The van der Waals surface area contributed by atoms with E-state index >= 15 is 0 Å². The predicted octanol–water partition coefficient (Wildman–Crippen LogP) is -3.31. The molecule has 0 aliphatic carbocycles. The van der Waals surface area contributed by atoms with Crippen LogP contribution in [0.4, 0.5) is 0 Å². The van der Waals surface area contributed by atoms with Crippen molar-refractivity contribution in [3.63, 3.8) is 0 Å². The number of rotatable bonds is 35. The zero-order valence-electron chi connectivity index (χ0n) is 49.6. The van der Waals surface area contributed by atoms with E-state index in [9.17, 15) is 73.2 Å². The molecule has 1 heterocycles. The smallest absolute Gasteiger partial charge is 0.327 e. The van der Waals surface area contributed by atoms with Crippen LogP contribution >= 0.6 is 25.3 Å². The van der Waals surface area contributed by atoms with Crippen molar-refractivity contribution in [2.45, 2.75) is 159 Å². The molecule has 2 aromatic carbocycles. The molecule has 1 saturated heterocycles. The second-order valence-corrected chi connectivity index (χ2v) is 22.4. The van der Waals surface area contributed by atoms with Crippen molar-refractivity contribution in [3.05, 3.63) is 59.7 Å². The number of nitrogens with one attached hydrogen (secondary N) is 9. The lowest BCUT2D eigenvalue weighted by molar-refractivity contribution is -0.143. The molecular weight excluding hydrogens is 1170 g/mol. The SMILES string of the molecule is CC[C@H](C)[C@H](NC(=O)[C@H](Cc1ccc(O)cc1)NC(=O)[C@@H]1CCCN1C(=O)[C@H](CC(C)C)NC(=O)[C@H](CO)NC(=O)[C@@H](N)CS)C(=O)N[C@@H](C)C(=O)N[C@@H](CCCN=C(N)N)C(=O)N[C@@H](Cc1ccc(O)cc1)C(=O)N[C@@H](C)C(=O)N[C@@H](CS)C(=O)O. The van der Waals surface area contributed by atoms with Gasteiger partial charge in [-0.2, -0.15) is 25.3 Å². The number of aliphatic carboxylic acids is 1. The third-order valence-corrected chi connectivity index (χ3v) is 15.0. The van der Waals surface area contributed by atoms with Gasteiger partial charge in [0, 0.05) is 37.4 Å². The van der Waals surface area contributed by atoms with Gasteiger partial charge < -0.3 is 90.4 Å². The molecule has 0 spiro atoms. The van der Waals surface area contributed by atoms with Gasteiger partial charge in [-0.1, -0.05) is 58.4 Å². The molecule has 3 rings (SSSR count). The zero-order chi connectivity index (χ0) is 65.2. The molecule has 0 saturated carbocycles. The van der Waals surface area contributed by atoms with E-state index in [0.29, 0.717) is 24.0 Å². The first-order chi connectivity index (χ1) is 41.0. The van der Waals surface area contributed by atoms with Crippen molar-refractivity contribution >= 4 is 96.3 Å². The van der Waals surface area contributed by atoms with Gasteiger partial charge in [-0.25, -0.2) is 4.79 Å². The second-order valence-electron chi connectivity index (χ2n) is 21.7. The summed E-state index contributed by atoms with van der Waals surface area (Å²) in [5.41, 5.74) is 17.7. The monoisotopic (exact) mass is 1260 g/mol. The maximum absolute atomic E-state index is 14.6. The van der Waals surface area contributed by atoms with E-state index in [1.165, 1.54) is 67.3 Å². The first kappa shape index (κ1) is 73.4. The number of thiol groups is 2. The normalized spacial score (nSPS) is 16.7. The van der Waals surface area contributed by atoms with Crippen LogP contribution in [0.1, 0.15) is 91.2 Å². The van der Waals surface area contributed by atoms with Gasteiger partial charge in [0.2, 0.25) is 59.1 Å². The Balaban J connectivity index is 1.90. The Morgan fingerprint density at radius 3 is 1.57 bits per heavy atom. The lowest BCUT2D eigenvalue weighted by Crippen LogP contribution is -2.61. The fourth-order valence-corrected chi connectivity index (χ4v) is 9.39. The molecule has 12 atom stereocenters. The Morgan fingerprint density at radius 2 is 1.08 bits per heavy atom. The number of aliphatic hydroxyl groups excluding tert-OH is 1. The second kappa shape index (κ2) is 36.3. The number of carboxylic acid groups (broad SMARTS) is 1. The van der Waals surface area contributed by atoms with Crippen molar-refractivity contribution in [1.29, 1.82) is 0 Å². The minimum absolute atomic E-state index is 0.00539. The molecule has 87 heavy (non-hydrogen) atoms. The molecule has 0 unspecified atom stereocenters. The molecule has 1 fully saturated rings. The third-order valence-electron chi connectivity index (χ3n) is 14.2. The first-order valence-corrected chi connectivity index (χ1v) is 29.8. The van der Waals surface area contributed by atoms with Crippen molar-refractivity contribution in [2.24, 2.45) is 34.0 Å². The lowest BCUT2D eigenvalue weighted by atomic mass is 9.96. The summed E-state index contributed by atoms with van der Waals surface area (Å²) in [4.78, 5) is 155.